The molecule has 0 aromatic heterocycles. The van der Waals surface area contributed by atoms with Gasteiger partial charge in [0.25, 0.3) is 0 Å². The van der Waals surface area contributed by atoms with Crippen LogP contribution in [0.5, 0.6) is 0 Å². The highest BCUT2D eigenvalue weighted by Crippen LogP contribution is 2.28. The summed E-state index contributed by atoms with van der Waals surface area (Å²) in [5, 5.41) is 0. The summed E-state index contributed by atoms with van der Waals surface area (Å²) in [5.41, 5.74) is 5.60. The van der Waals surface area contributed by atoms with Gasteiger partial charge in [0.1, 0.15) is 0 Å². The van der Waals surface area contributed by atoms with Gasteiger partial charge in [0.05, 0.1) is 0 Å². The van der Waals surface area contributed by atoms with Crippen LogP contribution in [0.4, 0.5) is 0 Å². The van der Waals surface area contributed by atoms with Crippen molar-refractivity contribution < 1.29 is 0 Å². The minimum atomic E-state index is 0. The zero-order chi connectivity index (χ0) is 7.40. The molecule has 1 atom stereocenters. The first-order valence-electron chi connectivity index (χ1n) is 4.54. The van der Waals surface area contributed by atoms with Gasteiger partial charge >= 0.3 is 0 Å². The molecule has 1 aliphatic carbocycles. The number of rotatable bonds is 2. The lowest BCUT2D eigenvalue weighted by molar-refractivity contribution is 0.269. The third kappa shape index (κ3) is 3.44. The molecule has 2 heteroatoms. The molecule has 0 heterocycles. The second-order valence-electron chi connectivity index (χ2n) is 3.61. The summed E-state index contributed by atoms with van der Waals surface area (Å²) < 4.78 is 0. The fraction of sp³-hybridized carbons (Fsp3) is 1.00. The highest BCUT2D eigenvalue weighted by Gasteiger charge is 2.18. The van der Waals surface area contributed by atoms with Gasteiger partial charge < -0.3 is 5.73 Å². The Balaban J connectivity index is 0.000001000. The Morgan fingerprint density at radius 1 is 1.27 bits per heavy atom. The fourth-order valence-electron chi connectivity index (χ4n) is 1.90. The molecule has 1 unspecified atom stereocenters. The Labute approximate surface area is 76.1 Å². The molecule has 0 amide bonds. The maximum atomic E-state index is 5.60. The van der Waals surface area contributed by atoms with E-state index >= 15 is 0 Å². The van der Waals surface area contributed by atoms with Gasteiger partial charge in [0.2, 0.25) is 0 Å². The first-order chi connectivity index (χ1) is 4.84. The number of hydrogen-bond acceptors (Lipinski definition) is 1. The van der Waals surface area contributed by atoms with Crippen molar-refractivity contribution in [1.82, 2.24) is 0 Å². The van der Waals surface area contributed by atoms with E-state index in [4.69, 9.17) is 5.73 Å². The predicted octanol–water partition coefficient (Wildman–Crippen LogP) is 2.58. The van der Waals surface area contributed by atoms with Crippen LogP contribution in [0, 0.1) is 11.8 Å². The van der Waals surface area contributed by atoms with Crippen LogP contribution in [-0.2, 0) is 0 Å². The van der Waals surface area contributed by atoms with Crippen molar-refractivity contribution in [2.24, 2.45) is 17.6 Å². The third-order valence-electron chi connectivity index (χ3n) is 2.83. The lowest BCUT2D eigenvalue weighted by atomic mass is 9.81. The molecule has 11 heavy (non-hydrogen) atoms. The van der Waals surface area contributed by atoms with Crippen LogP contribution in [0.15, 0.2) is 0 Å². The normalized spacial score (nSPS) is 22.4. The predicted molar refractivity (Wildman–Crippen MR) is 52.0 cm³/mol. The van der Waals surface area contributed by atoms with Crippen molar-refractivity contribution in [2.45, 2.75) is 39.0 Å². The Hall–Kier alpha value is 0.250. The van der Waals surface area contributed by atoms with Crippen molar-refractivity contribution >= 4 is 12.4 Å². The van der Waals surface area contributed by atoms with Gasteiger partial charge in [0, 0.05) is 0 Å². The van der Waals surface area contributed by atoms with Gasteiger partial charge in [0.15, 0.2) is 0 Å². The van der Waals surface area contributed by atoms with E-state index in [2.05, 4.69) is 6.92 Å². The average molecular weight is 178 g/mol. The number of halogens is 1. The molecule has 0 aromatic carbocycles. The SMILES string of the molecule is CC(CN)C1CCCCC1.Cl. The van der Waals surface area contributed by atoms with Crippen molar-refractivity contribution in [3.05, 3.63) is 0 Å². The molecule has 68 valence electrons. The van der Waals surface area contributed by atoms with E-state index in [0.29, 0.717) is 0 Å². The molecule has 1 aliphatic rings. The molecule has 1 rings (SSSR count). The molecule has 0 bridgehead atoms. The molecule has 0 radical (unpaired) electrons. The summed E-state index contributed by atoms with van der Waals surface area (Å²) in [6.07, 6.45) is 7.19. The van der Waals surface area contributed by atoms with Crippen LogP contribution in [-0.4, -0.2) is 6.54 Å². The van der Waals surface area contributed by atoms with Crippen molar-refractivity contribution in [3.63, 3.8) is 0 Å². The van der Waals surface area contributed by atoms with E-state index in [1.165, 1.54) is 32.1 Å². The quantitative estimate of drug-likeness (QED) is 0.690. The molecule has 1 saturated carbocycles. The van der Waals surface area contributed by atoms with Gasteiger partial charge in [-0.3, -0.25) is 0 Å². The summed E-state index contributed by atoms with van der Waals surface area (Å²) in [6.45, 7) is 3.17. The minimum Gasteiger partial charge on any atom is -0.330 e. The zero-order valence-corrected chi connectivity index (χ0v) is 8.20. The highest BCUT2D eigenvalue weighted by molar-refractivity contribution is 5.85. The minimum absolute atomic E-state index is 0. The monoisotopic (exact) mass is 177 g/mol. The van der Waals surface area contributed by atoms with E-state index in [1.54, 1.807) is 0 Å². The summed E-state index contributed by atoms with van der Waals surface area (Å²) in [4.78, 5) is 0. The second-order valence-corrected chi connectivity index (χ2v) is 3.61. The smallest absolute Gasteiger partial charge is 0.00489 e. The van der Waals surface area contributed by atoms with Gasteiger partial charge in [-0.15, -0.1) is 12.4 Å². The maximum absolute atomic E-state index is 5.60. The van der Waals surface area contributed by atoms with Crippen LogP contribution in [0.25, 0.3) is 0 Å². The molecular weight excluding hydrogens is 158 g/mol. The molecule has 2 N–H and O–H groups in total. The van der Waals surface area contributed by atoms with Gasteiger partial charge in [-0.05, 0) is 18.4 Å². The van der Waals surface area contributed by atoms with E-state index in [0.717, 1.165) is 18.4 Å². The first-order valence-corrected chi connectivity index (χ1v) is 4.54. The second kappa shape index (κ2) is 5.84. The van der Waals surface area contributed by atoms with Crippen LogP contribution < -0.4 is 5.73 Å². The summed E-state index contributed by atoms with van der Waals surface area (Å²) in [5.74, 6) is 1.71. The van der Waals surface area contributed by atoms with Crippen LogP contribution in [0.1, 0.15) is 39.0 Å². The highest BCUT2D eigenvalue weighted by atomic mass is 35.5. The molecule has 0 saturated heterocycles. The number of nitrogens with two attached hydrogens (primary N) is 1. The fourth-order valence-corrected chi connectivity index (χ4v) is 1.90. The molecule has 0 aromatic rings. The Morgan fingerprint density at radius 2 is 1.82 bits per heavy atom. The Morgan fingerprint density at radius 3 is 2.27 bits per heavy atom. The molecule has 0 aliphatic heterocycles. The molecular formula is C9H20ClN. The Kier molecular flexibility index (Phi) is 5.98. The third-order valence-corrected chi connectivity index (χ3v) is 2.83. The van der Waals surface area contributed by atoms with Gasteiger partial charge in [-0.1, -0.05) is 39.0 Å². The van der Waals surface area contributed by atoms with Crippen LogP contribution in [0.3, 0.4) is 0 Å². The van der Waals surface area contributed by atoms with E-state index in [-0.39, 0.29) is 12.4 Å². The van der Waals surface area contributed by atoms with E-state index in [9.17, 15) is 0 Å². The van der Waals surface area contributed by atoms with Crippen molar-refractivity contribution in [1.29, 1.82) is 0 Å². The van der Waals surface area contributed by atoms with Crippen molar-refractivity contribution in [3.8, 4) is 0 Å². The average Bonchev–Trinajstić information content (AvgIpc) is 2.05. The van der Waals surface area contributed by atoms with Crippen LogP contribution in [0.2, 0.25) is 0 Å². The van der Waals surface area contributed by atoms with E-state index in [1.807, 2.05) is 0 Å². The summed E-state index contributed by atoms with van der Waals surface area (Å²) in [7, 11) is 0. The summed E-state index contributed by atoms with van der Waals surface area (Å²) >= 11 is 0. The van der Waals surface area contributed by atoms with Crippen molar-refractivity contribution in [2.75, 3.05) is 6.54 Å². The Bertz CT molecular complexity index is 89.6. The maximum Gasteiger partial charge on any atom is -0.00489 e. The standard InChI is InChI=1S/C9H19N.ClH/c1-8(7-10)9-5-3-2-4-6-9;/h8-9H,2-7,10H2,1H3;1H. The first kappa shape index (κ1) is 11.2. The topological polar surface area (TPSA) is 26.0 Å². The lowest BCUT2D eigenvalue weighted by Gasteiger charge is -2.26. The molecule has 0 spiro atoms. The molecule has 1 fully saturated rings. The van der Waals surface area contributed by atoms with Crippen LogP contribution >= 0.6 is 12.4 Å². The summed E-state index contributed by atoms with van der Waals surface area (Å²) in [6, 6.07) is 0. The number of hydrogen-bond donors (Lipinski definition) is 1. The van der Waals surface area contributed by atoms with E-state index < -0.39 is 0 Å². The lowest BCUT2D eigenvalue weighted by Crippen LogP contribution is -2.22. The molecule has 1 nitrogen and oxygen atoms in total. The van der Waals surface area contributed by atoms with Gasteiger partial charge in [-0.2, -0.15) is 0 Å². The van der Waals surface area contributed by atoms with Gasteiger partial charge in [-0.25, -0.2) is 0 Å². The zero-order valence-electron chi connectivity index (χ0n) is 7.38. The largest absolute Gasteiger partial charge is 0.330 e.